The standard InChI is InChI=1S/C14H19NO3S/c1-2-17-8-11-5-6-18-14(11)9-15(10-14)13(16)12-4-3-7-19-12/h3-4,7,11H,2,5-6,8-10H2,1H3/t11-/m1/s1. The minimum Gasteiger partial charge on any atom is -0.381 e. The van der Waals surface area contributed by atoms with E-state index < -0.39 is 0 Å². The van der Waals surface area contributed by atoms with Gasteiger partial charge in [-0.3, -0.25) is 4.79 Å². The number of hydrogen-bond donors (Lipinski definition) is 0. The highest BCUT2D eigenvalue weighted by atomic mass is 32.1. The zero-order valence-corrected chi connectivity index (χ0v) is 11.9. The molecule has 0 aromatic carbocycles. The van der Waals surface area contributed by atoms with Crippen molar-refractivity contribution in [2.75, 3.05) is 32.9 Å². The summed E-state index contributed by atoms with van der Waals surface area (Å²) in [4.78, 5) is 14.9. The number of nitrogens with zero attached hydrogens (tertiary/aromatic N) is 1. The van der Waals surface area contributed by atoms with Crippen LogP contribution in [0.1, 0.15) is 23.0 Å². The molecule has 0 N–H and O–H groups in total. The number of ether oxygens (including phenoxy) is 2. The lowest BCUT2D eigenvalue weighted by Crippen LogP contribution is -2.66. The lowest BCUT2D eigenvalue weighted by Gasteiger charge is -2.50. The number of thiophene rings is 1. The summed E-state index contributed by atoms with van der Waals surface area (Å²) in [5, 5.41) is 1.94. The van der Waals surface area contributed by atoms with E-state index in [4.69, 9.17) is 9.47 Å². The van der Waals surface area contributed by atoms with Crippen LogP contribution in [0.25, 0.3) is 0 Å². The smallest absolute Gasteiger partial charge is 0.264 e. The summed E-state index contributed by atoms with van der Waals surface area (Å²) in [6, 6.07) is 3.79. The summed E-state index contributed by atoms with van der Waals surface area (Å²) >= 11 is 1.50. The van der Waals surface area contributed by atoms with Gasteiger partial charge in [-0.15, -0.1) is 11.3 Å². The molecule has 1 atom stereocenters. The first-order valence-corrected chi connectivity index (χ1v) is 7.67. The van der Waals surface area contributed by atoms with Gasteiger partial charge in [0, 0.05) is 19.1 Å². The van der Waals surface area contributed by atoms with E-state index in [0.29, 0.717) is 19.0 Å². The van der Waals surface area contributed by atoms with Gasteiger partial charge in [-0.25, -0.2) is 0 Å². The lowest BCUT2D eigenvalue weighted by molar-refractivity contribution is -0.127. The van der Waals surface area contributed by atoms with Gasteiger partial charge in [0.05, 0.1) is 24.6 Å². The SMILES string of the molecule is CCOC[C@H]1CCOC12CN(C(=O)c1cccs1)C2. The van der Waals surface area contributed by atoms with E-state index in [2.05, 4.69) is 0 Å². The summed E-state index contributed by atoms with van der Waals surface area (Å²) < 4.78 is 11.4. The maximum Gasteiger partial charge on any atom is 0.264 e. The summed E-state index contributed by atoms with van der Waals surface area (Å²) in [5.41, 5.74) is -0.137. The molecule has 5 heteroatoms. The van der Waals surface area contributed by atoms with Gasteiger partial charge in [0.25, 0.3) is 5.91 Å². The van der Waals surface area contributed by atoms with E-state index in [1.807, 2.05) is 29.3 Å². The quantitative estimate of drug-likeness (QED) is 0.847. The number of hydrogen-bond acceptors (Lipinski definition) is 4. The second-order valence-corrected chi connectivity index (χ2v) is 6.14. The Labute approximate surface area is 117 Å². The molecule has 1 aromatic heterocycles. The Hall–Kier alpha value is -0.910. The van der Waals surface area contributed by atoms with E-state index in [1.54, 1.807) is 0 Å². The summed E-state index contributed by atoms with van der Waals surface area (Å²) in [7, 11) is 0. The van der Waals surface area contributed by atoms with E-state index >= 15 is 0 Å². The predicted octanol–water partition coefficient (Wildman–Crippen LogP) is 2.02. The Morgan fingerprint density at radius 1 is 1.63 bits per heavy atom. The molecule has 1 spiro atoms. The van der Waals surface area contributed by atoms with Crippen molar-refractivity contribution in [1.82, 2.24) is 4.90 Å². The van der Waals surface area contributed by atoms with Crippen LogP contribution in [0, 0.1) is 5.92 Å². The maximum absolute atomic E-state index is 12.2. The van der Waals surface area contributed by atoms with Gasteiger partial charge in [-0.1, -0.05) is 6.07 Å². The molecule has 2 saturated heterocycles. The second kappa shape index (κ2) is 5.23. The van der Waals surface area contributed by atoms with Gasteiger partial charge in [0.15, 0.2) is 0 Å². The highest BCUT2D eigenvalue weighted by molar-refractivity contribution is 7.12. The number of likely N-dealkylation sites (tertiary alicyclic amines) is 1. The molecule has 2 fully saturated rings. The van der Waals surface area contributed by atoms with Crippen molar-refractivity contribution in [3.63, 3.8) is 0 Å². The first-order valence-electron chi connectivity index (χ1n) is 6.79. The van der Waals surface area contributed by atoms with Crippen molar-refractivity contribution < 1.29 is 14.3 Å². The molecule has 4 nitrogen and oxygen atoms in total. The molecule has 2 aliphatic rings. The Balaban J connectivity index is 1.60. The first-order chi connectivity index (χ1) is 9.25. The molecular weight excluding hydrogens is 262 g/mol. The van der Waals surface area contributed by atoms with E-state index in [0.717, 1.165) is 31.1 Å². The zero-order valence-electron chi connectivity index (χ0n) is 11.1. The largest absolute Gasteiger partial charge is 0.381 e. The topological polar surface area (TPSA) is 38.8 Å². The first kappa shape index (κ1) is 13.1. The minimum absolute atomic E-state index is 0.131. The molecule has 3 heterocycles. The molecule has 0 saturated carbocycles. The highest BCUT2D eigenvalue weighted by Crippen LogP contribution is 2.40. The van der Waals surface area contributed by atoms with Crippen molar-refractivity contribution in [2.45, 2.75) is 18.9 Å². The fraction of sp³-hybridized carbons (Fsp3) is 0.643. The van der Waals surface area contributed by atoms with E-state index in [-0.39, 0.29) is 11.5 Å². The highest BCUT2D eigenvalue weighted by Gasteiger charge is 2.54. The van der Waals surface area contributed by atoms with Crippen molar-refractivity contribution in [3.8, 4) is 0 Å². The normalized spacial score (nSPS) is 24.7. The zero-order chi connectivity index (χ0) is 13.3. The molecule has 0 bridgehead atoms. The molecule has 0 unspecified atom stereocenters. The third-order valence-corrected chi connectivity index (χ3v) is 4.92. The van der Waals surface area contributed by atoms with Crippen LogP contribution < -0.4 is 0 Å². The third-order valence-electron chi connectivity index (χ3n) is 4.06. The van der Waals surface area contributed by atoms with Gasteiger partial charge < -0.3 is 14.4 Å². The fourth-order valence-electron chi connectivity index (χ4n) is 2.93. The van der Waals surface area contributed by atoms with E-state index in [9.17, 15) is 4.79 Å². The van der Waals surface area contributed by atoms with Crippen LogP contribution in [0.4, 0.5) is 0 Å². The Kier molecular flexibility index (Phi) is 3.60. The van der Waals surface area contributed by atoms with Crippen molar-refractivity contribution >= 4 is 17.2 Å². The summed E-state index contributed by atoms with van der Waals surface area (Å²) in [6.45, 7) is 5.71. The monoisotopic (exact) mass is 281 g/mol. The maximum atomic E-state index is 12.2. The van der Waals surface area contributed by atoms with Crippen LogP contribution in [-0.2, 0) is 9.47 Å². The number of rotatable bonds is 4. The van der Waals surface area contributed by atoms with Gasteiger partial charge in [0.1, 0.15) is 5.60 Å². The minimum atomic E-state index is -0.137. The Morgan fingerprint density at radius 3 is 3.16 bits per heavy atom. The second-order valence-electron chi connectivity index (χ2n) is 5.20. The Bertz CT molecular complexity index is 440. The van der Waals surface area contributed by atoms with Crippen molar-refractivity contribution in [3.05, 3.63) is 22.4 Å². The fourth-order valence-corrected chi connectivity index (χ4v) is 3.62. The van der Waals surface area contributed by atoms with Crippen LogP contribution in [0.5, 0.6) is 0 Å². The number of carbonyl (C=O) groups is 1. The van der Waals surface area contributed by atoms with Gasteiger partial charge in [-0.2, -0.15) is 0 Å². The van der Waals surface area contributed by atoms with Crippen LogP contribution >= 0.6 is 11.3 Å². The molecule has 1 aromatic rings. The molecule has 2 aliphatic heterocycles. The molecular formula is C14H19NO3S. The van der Waals surface area contributed by atoms with Crippen LogP contribution in [0.3, 0.4) is 0 Å². The Morgan fingerprint density at radius 2 is 2.47 bits per heavy atom. The number of carbonyl (C=O) groups excluding carboxylic acids is 1. The van der Waals surface area contributed by atoms with Crippen molar-refractivity contribution in [1.29, 1.82) is 0 Å². The molecule has 0 aliphatic carbocycles. The van der Waals surface area contributed by atoms with Crippen LogP contribution in [0.15, 0.2) is 17.5 Å². The molecule has 3 rings (SSSR count). The van der Waals surface area contributed by atoms with Gasteiger partial charge in [0.2, 0.25) is 0 Å². The van der Waals surface area contributed by atoms with E-state index in [1.165, 1.54) is 11.3 Å². The molecule has 104 valence electrons. The summed E-state index contributed by atoms with van der Waals surface area (Å²) in [5.74, 6) is 0.561. The average molecular weight is 281 g/mol. The van der Waals surface area contributed by atoms with Crippen LogP contribution in [0.2, 0.25) is 0 Å². The number of amides is 1. The van der Waals surface area contributed by atoms with Gasteiger partial charge in [-0.05, 0) is 24.8 Å². The summed E-state index contributed by atoms with van der Waals surface area (Å²) in [6.07, 6.45) is 1.04. The van der Waals surface area contributed by atoms with Crippen molar-refractivity contribution in [2.24, 2.45) is 5.92 Å². The van der Waals surface area contributed by atoms with Crippen LogP contribution in [-0.4, -0.2) is 49.3 Å². The average Bonchev–Trinajstić information content (AvgIpc) is 3.02. The molecule has 19 heavy (non-hydrogen) atoms. The molecule has 0 radical (unpaired) electrons. The van der Waals surface area contributed by atoms with Gasteiger partial charge >= 0.3 is 0 Å². The predicted molar refractivity (Wildman–Crippen MR) is 73.5 cm³/mol. The molecule has 1 amide bonds. The third kappa shape index (κ3) is 2.30. The lowest BCUT2D eigenvalue weighted by atomic mass is 9.81.